The van der Waals surface area contributed by atoms with Gasteiger partial charge in [0.2, 0.25) is 5.60 Å². The van der Waals surface area contributed by atoms with Crippen molar-refractivity contribution >= 4 is 17.6 Å². The van der Waals surface area contributed by atoms with Crippen molar-refractivity contribution in [2.45, 2.75) is 12.5 Å². The van der Waals surface area contributed by atoms with E-state index in [9.17, 15) is 14.7 Å². The molecular formula is C21H21NO5. The summed E-state index contributed by atoms with van der Waals surface area (Å²) in [6.07, 6.45) is 0. The van der Waals surface area contributed by atoms with Gasteiger partial charge in [-0.1, -0.05) is 43.0 Å². The van der Waals surface area contributed by atoms with Gasteiger partial charge in [-0.15, -0.1) is 0 Å². The fourth-order valence-electron chi connectivity index (χ4n) is 3.09. The summed E-state index contributed by atoms with van der Waals surface area (Å²) in [4.78, 5) is 26.6. The molecule has 0 radical (unpaired) electrons. The minimum absolute atomic E-state index is 0.123. The summed E-state index contributed by atoms with van der Waals surface area (Å²) in [6.45, 7) is 5.84. The largest absolute Gasteiger partial charge is 0.492 e. The molecule has 3 rings (SSSR count). The van der Waals surface area contributed by atoms with Crippen molar-refractivity contribution in [3.8, 4) is 5.75 Å². The number of ether oxygens (including phenoxy) is 2. The summed E-state index contributed by atoms with van der Waals surface area (Å²) >= 11 is 0. The lowest BCUT2D eigenvalue weighted by Gasteiger charge is -2.24. The molecule has 1 heterocycles. The molecule has 2 aromatic rings. The zero-order valence-corrected chi connectivity index (χ0v) is 15.1. The number of rotatable bonds is 7. The molecule has 27 heavy (non-hydrogen) atoms. The Morgan fingerprint density at radius 1 is 1.15 bits per heavy atom. The highest BCUT2D eigenvalue weighted by Crippen LogP contribution is 2.44. The van der Waals surface area contributed by atoms with Gasteiger partial charge in [0.15, 0.2) is 0 Å². The average Bonchev–Trinajstić information content (AvgIpc) is 2.91. The van der Waals surface area contributed by atoms with Crippen molar-refractivity contribution in [3.05, 3.63) is 72.3 Å². The molecule has 0 saturated carbocycles. The van der Waals surface area contributed by atoms with Gasteiger partial charge in [0.05, 0.1) is 24.4 Å². The number of amides is 1. The van der Waals surface area contributed by atoms with E-state index in [1.807, 2.05) is 30.3 Å². The van der Waals surface area contributed by atoms with Crippen molar-refractivity contribution in [1.29, 1.82) is 0 Å². The Balaban J connectivity index is 1.83. The van der Waals surface area contributed by atoms with Gasteiger partial charge in [-0.2, -0.15) is 0 Å². The number of hydrogen-bond donors (Lipinski definition) is 1. The molecule has 1 atom stereocenters. The molecule has 1 unspecified atom stereocenters. The zero-order chi connectivity index (χ0) is 19.4. The van der Waals surface area contributed by atoms with Gasteiger partial charge in [-0.05, 0) is 25.1 Å². The van der Waals surface area contributed by atoms with Gasteiger partial charge in [0.1, 0.15) is 12.4 Å². The molecule has 140 valence electrons. The van der Waals surface area contributed by atoms with Crippen LogP contribution in [0.15, 0.2) is 66.7 Å². The molecular weight excluding hydrogens is 346 g/mol. The fraction of sp³-hybridized carbons (Fsp3) is 0.238. The topological polar surface area (TPSA) is 76.1 Å². The lowest BCUT2D eigenvalue weighted by Crippen LogP contribution is -2.44. The van der Waals surface area contributed by atoms with Crippen LogP contribution >= 0.6 is 0 Å². The van der Waals surface area contributed by atoms with Crippen molar-refractivity contribution in [2.75, 3.05) is 24.7 Å². The highest BCUT2D eigenvalue weighted by molar-refractivity contribution is 6.13. The van der Waals surface area contributed by atoms with Crippen LogP contribution in [0.25, 0.3) is 0 Å². The number of esters is 1. The van der Waals surface area contributed by atoms with Crippen molar-refractivity contribution in [1.82, 2.24) is 0 Å². The molecule has 0 aliphatic carbocycles. The minimum Gasteiger partial charge on any atom is -0.492 e. The quantitative estimate of drug-likeness (QED) is 0.601. The number of fused-ring (bicyclic) bond motifs is 1. The molecule has 1 aliphatic heterocycles. The smallest absolute Gasteiger partial charge is 0.337 e. The predicted molar refractivity (Wildman–Crippen MR) is 100 cm³/mol. The van der Waals surface area contributed by atoms with Crippen LogP contribution < -0.4 is 9.64 Å². The molecule has 6 heteroatoms. The Kier molecular flexibility index (Phi) is 5.28. The molecule has 0 aromatic heterocycles. The highest BCUT2D eigenvalue weighted by atomic mass is 16.5. The summed E-state index contributed by atoms with van der Waals surface area (Å²) in [5.74, 6) is -0.757. The molecule has 2 aromatic carbocycles. The second kappa shape index (κ2) is 7.63. The van der Waals surface area contributed by atoms with Gasteiger partial charge in [0.25, 0.3) is 5.91 Å². The van der Waals surface area contributed by atoms with Crippen molar-refractivity contribution in [2.24, 2.45) is 0 Å². The Labute approximate surface area is 157 Å². The van der Waals surface area contributed by atoms with E-state index in [-0.39, 0.29) is 25.3 Å². The number of nitrogens with zero attached hydrogens (tertiary/aromatic N) is 1. The molecule has 6 nitrogen and oxygen atoms in total. The number of benzene rings is 2. The third kappa shape index (κ3) is 3.31. The van der Waals surface area contributed by atoms with E-state index >= 15 is 0 Å². The first-order chi connectivity index (χ1) is 13.0. The monoisotopic (exact) mass is 367 g/mol. The van der Waals surface area contributed by atoms with E-state index in [1.165, 1.54) is 4.90 Å². The van der Waals surface area contributed by atoms with Gasteiger partial charge >= 0.3 is 5.97 Å². The third-order valence-corrected chi connectivity index (χ3v) is 4.42. The molecule has 1 aliphatic rings. The number of para-hydroxylation sites is 2. The summed E-state index contributed by atoms with van der Waals surface area (Å²) in [5, 5.41) is 11.1. The molecule has 0 saturated heterocycles. The average molecular weight is 367 g/mol. The normalized spacial score (nSPS) is 18.1. The van der Waals surface area contributed by atoms with Crippen LogP contribution in [0.3, 0.4) is 0 Å². The maximum Gasteiger partial charge on any atom is 0.337 e. The van der Waals surface area contributed by atoms with E-state index in [0.717, 1.165) is 0 Å². The van der Waals surface area contributed by atoms with Gasteiger partial charge in [-0.3, -0.25) is 4.79 Å². The summed E-state index contributed by atoms with van der Waals surface area (Å²) in [5.41, 5.74) is -1.61. The molecule has 0 bridgehead atoms. The van der Waals surface area contributed by atoms with Crippen LogP contribution in [0.4, 0.5) is 5.69 Å². The van der Waals surface area contributed by atoms with Crippen molar-refractivity contribution in [3.63, 3.8) is 0 Å². The first-order valence-electron chi connectivity index (χ1n) is 8.68. The van der Waals surface area contributed by atoms with Crippen LogP contribution in [-0.2, 0) is 19.9 Å². The van der Waals surface area contributed by atoms with Gasteiger partial charge < -0.3 is 19.5 Å². The van der Waals surface area contributed by atoms with E-state index < -0.39 is 17.5 Å². The van der Waals surface area contributed by atoms with E-state index in [0.29, 0.717) is 17.0 Å². The maximum absolute atomic E-state index is 13.0. The molecule has 0 spiro atoms. The second-order valence-electron chi connectivity index (χ2n) is 6.04. The number of anilines is 1. The molecule has 0 fully saturated rings. The fourth-order valence-corrected chi connectivity index (χ4v) is 3.09. The molecule has 1 amide bonds. The van der Waals surface area contributed by atoms with Gasteiger partial charge in [0, 0.05) is 5.56 Å². The van der Waals surface area contributed by atoms with E-state index in [2.05, 4.69) is 6.58 Å². The van der Waals surface area contributed by atoms with Crippen LogP contribution in [0, 0.1) is 0 Å². The first-order valence-corrected chi connectivity index (χ1v) is 8.68. The summed E-state index contributed by atoms with van der Waals surface area (Å²) in [7, 11) is 0. The lowest BCUT2D eigenvalue weighted by molar-refractivity contribution is -0.145. The van der Waals surface area contributed by atoms with Crippen LogP contribution in [0.1, 0.15) is 12.5 Å². The Morgan fingerprint density at radius 2 is 1.81 bits per heavy atom. The number of aliphatic hydroxyl groups is 1. The second-order valence-corrected chi connectivity index (χ2v) is 6.04. The SMILES string of the molecule is C=C(C(=O)OCC)C1(O)C(=O)N(CCOc2ccccc2)c2ccccc21. The lowest BCUT2D eigenvalue weighted by atomic mass is 9.88. The van der Waals surface area contributed by atoms with Crippen molar-refractivity contribution < 1.29 is 24.2 Å². The van der Waals surface area contributed by atoms with Crippen LogP contribution in [0.2, 0.25) is 0 Å². The van der Waals surface area contributed by atoms with E-state index in [1.54, 1.807) is 31.2 Å². The zero-order valence-electron chi connectivity index (χ0n) is 15.1. The maximum atomic E-state index is 13.0. The standard InChI is InChI=1S/C21H21NO5/c1-3-26-19(23)15(2)21(25)17-11-7-8-12-18(17)22(20(21)24)13-14-27-16-9-5-4-6-10-16/h4-12,25H,2-3,13-14H2,1H3. The summed E-state index contributed by atoms with van der Waals surface area (Å²) in [6, 6.07) is 16.0. The number of hydrogen-bond acceptors (Lipinski definition) is 5. The van der Waals surface area contributed by atoms with Crippen LogP contribution in [0.5, 0.6) is 5.75 Å². The third-order valence-electron chi connectivity index (χ3n) is 4.42. The van der Waals surface area contributed by atoms with E-state index in [4.69, 9.17) is 9.47 Å². The Morgan fingerprint density at radius 3 is 2.52 bits per heavy atom. The van der Waals surface area contributed by atoms with Crippen LogP contribution in [-0.4, -0.2) is 36.7 Å². The minimum atomic E-state index is -2.14. The number of carbonyl (C=O) groups excluding carboxylic acids is 2. The highest BCUT2D eigenvalue weighted by Gasteiger charge is 2.53. The number of carbonyl (C=O) groups is 2. The van der Waals surface area contributed by atoms with Gasteiger partial charge in [-0.25, -0.2) is 4.79 Å². The Bertz CT molecular complexity index is 864. The Hall–Kier alpha value is -3.12. The predicted octanol–water partition coefficient (Wildman–Crippen LogP) is 2.42. The first kappa shape index (κ1) is 18.7. The summed E-state index contributed by atoms with van der Waals surface area (Å²) < 4.78 is 10.6. The molecule has 1 N–H and O–H groups in total.